The maximum Gasteiger partial charge on any atom is 0.173 e. The number of fused-ring (bicyclic) bond motifs is 1. The lowest BCUT2D eigenvalue weighted by Gasteiger charge is -2.23. The number of rotatable bonds is 7. The summed E-state index contributed by atoms with van der Waals surface area (Å²) in [5, 5.41) is 5.80. The molecule has 0 saturated carbocycles. The summed E-state index contributed by atoms with van der Waals surface area (Å²) in [5.41, 5.74) is 4.87. The van der Waals surface area contributed by atoms with Crippen molar-refractivity contribution < 1.29 is 9.47 Å². The highest BCUT2D eigenvalue weighted by Crippen LogP contribution is 2.20. The van der Waals surface area contributed by atoms with E-state index in [1.54, 1.807) is 14.2 Å². The van der Waals surface area contributed by atoms with Crippen LogP contribution in [0, 0.1) is 0 Å². The summed E-state index contributed by atoms with van der Waals surface area (Å²) in [6.45, 7) is 2.91. The minimum atomic E-state index is -0.412. The molecule has 0 radical (unpaired) electrons. The van der Waals surface area contributed by atoms with Crippen LogP contribution in [0.5, 0.6) is 0 Å². The van der Waals surface area contributed by atoms with Crippen molar-refractivity contribution >= 4 is 10.9 Å². The number of nitrogens with one attached hydrogen (secondary N) is 1. The summed E-state index contributed by atoms with van der Waals surface area (Å²) >= 11 is 0. The van der Waals surface area contributed by atoms with Crippen molar-refractivity contribution in [1.82, 2.24) is 15.2 Å². The zero-order chi connectivity index (χ0) is 14.5. The maximum atomic E-state index is 5.61. The molecule has 0 fully saturated rings. The summed E-state index contributed by atoms with van der Waals surface area (Å²) in [6, 6.07) is 8.03. The van der Waals surface area contributed by atoms with Crippen molar-refractivity contribution in [3.63, 3.8) is 0 Å². The van der Waals surface area contributed by atoms with Crippen molar-refractivity contribution in [3.8, 4) is 0 Å². The van der Waals surface area contributed by atoms with Crippen LogP contribution in [0.15, 0.2) is 24.3 Å². The largest absolute Gasteiger partial charge is 0.354 e. The van der Waals surface area contributed by atoms with E-state index in [9.17, 15) is 0 Å². The van der Waals surface area contributed by atoms with E-state index in [1.165, 1.54) is 0 Å². The molecule has 3 N–H and O–H groups in total. The third-order valence-corrected chi connectivity index (χ3v) is 3.45. The first-order valence-electron chi connectivity index (χ1n) is 6.71. The van der Waals surface area contributed by atoms with E-state index in [4.69, 9.17) is 15.3 Å². The molecule has 1 unspecified atom stereocenters. The second-order valence-electron chi connectivity index (χ2n) is 4.60. The summed E-state index contributed by atoms with van der Waals surface area (Å²) in [5.74, 6) is 5.61. The Morgan fingerprint density at radius 2 is 2.00 bits per heavy atom. The van der Waals surface area contributed by atoms with Crippen LogP contribution >= 0.6 is 0 Å². The van der Waals surface area contributed by atoms with Gasteiger partial charge >= 0.3 is 0 Å². The molecule has 6 nitrogen and oxygen atoms in total. The van der Waals surface area contributed by atoms with Crippen molar-refractivity contribution in [2.24, 2.45) is 5.84 Å². The lowest BCUT2D eigenvalue weighted by atomic mass is 10.1. The number of hydrogen-bond donors (Lipinski definition) is 2. The minimum Gasteiger partial charge on any atom is -0.354 e. The van der Waals surface area contributed by atoms with Gasteiger partial charge in [-0.15, -0.1) is 0 Å². The van der Waals surface area contributed by atoms with Crippen LogP contribution in [0.2, 0.25) is 0 Å². The van der Waals surface area contributed by atoms with E-state index < -0.39 is 6.29 Å². The van der Waals surface area contributed by atoms with Gasteiger partial charge in [-0.05, 0) is 13.0 Å². The summed E-state index contributed by atoms with van der Waals surface area (Å²) in [4.78, 5) is 0. The van der Waals surface area contributed by atoms with Gasteiger partial charge in [-0.25, -0.2) is 0 Å². The molecule has 2 aromatic rings. The lowest BCUT2D eigenvalue weighted by Crippen LogP contribution is -2.47. The van der Waals surface area contributed by atoms with Crippen molar-refractivity contribution in [2.45, 2.75) is 32.2 Å². The number of nitrogens with two attached hydrogens (primary N) is 1. The van der Waals surface area contributed by atoms with Gasteiger partial charge in [0.2, 0.25) is 0 Å². The number of nitrogens with zero attached hydrogens (tertiary/aromatic N) is 2. The van der Waals surface area contributed by atoms with E-state index in [-0.39, 0.29) is 6.04 Å². The summed E-state index contributed by atoms with van der Waals surface area (Å²) < 4.78 is 12.5. The van der Waals surface area contributed by atoms with Crippen molar-refractivity contribution in [3.05, 3.63) is 30.0 Å². The van der Waals surface area contributed by atoms with Crippen LogP contribution in [0.4, 0.5) is 0 Å². The van der Waals surface area contributed by atoms with Gasteiger partial charge in [0.15, 0.2) is 6.29 Å². The molecule has 2 rings (SSSR count). The molecule has 0 bridgehead atoms. The Labute approximate surface area is 118 Å². The number of para-hydroxylation sites is 1. The highest BCUT2D eigenvalue weighted by Gasteiger charge is 2.22. The monoisotopic (exact) mass is 278 g/mol. The Bertz CT molecular complexity index is 551. The second kappa shape index (κ2) is 6.81. The van der Waals surface area contributed by atoms with Gasteiger partial charge in [-0.2, -0.15) is 5.10 Å². The molecular weight excluding hydrogens is 256 g/mol. The first kappa shape index (κ1) is 14.9. The quantitative estimate of drug-likeness (QED) is 0.450. The minimum absolute atomic E-state index is 0.159. The highest BCUT2D eigenvalue weighted by molar-refractivity contribution is 5.82. The molecule has 1 aromatic heterocycles. The molecule has 0 aliphatic carbocycles. The van der Waals surface area contributed by atoms with Crippen molar-refractivity contribution in [2.75, 3.05) is 14.2 Å². The highest BCUT2D eigenvalue weighted by atomic mass is 16.7. The first-order chi connectivity index (χ1) is 9.74. The van der Waals surface area contributed by atoms with Gasteiger partial charge in [0.1, 0.15) is 0 Å². The van der Waals surface area contributed by atoms with Crippen LogP contribution in [0.25, 0.3) is 10.9 Å². The molecule has 0 amide bonds. The Kier molecular flexibility index (Phi) is 5.08. The third kappa shape index (κ3) is 2.83. The molecule has 1 atom stereocenters. The van der Waals surface area contributed by atoms with E-state index in [1.807, 2.05) is 16.8 Å². The number of aryl methyl sites for hydroxylation is 1. The SMILES string of the molecule is CCn1nc(CC(NN)C(OC)OC)c2ccccc21. The Balaban J connectivity index is 2.33. The molecule has 0 spiro atoms. The fourth-order valence-corrected chi connectivity index (χ4v) is 2.45. The van der Waals surface area contributed by atoms with Gasteiger partial charge in [-0.3, -0.25) is 16.0 Å². The second-order valence-corrected chi connectivity index (χ2v) is 4.60. The maximum absolute atomic E-state index is 5.61. The van der Waals surface area contributed by atoms with Crippen molar-refractivity contribution in [1.29, 1.82) is 0 Å². The van der Waals surface area contributed by atoms with Crippen LogP contribution in [0.1, 0.15) is 12.6 Å². The Hall–Kier alpha value is -1.47. The first-order valence-corrected chi connectivity index (χ1v) is 6.71. The van der Waals surface area contributed by atoms with E-state index in [2.05, 4.69) is 29.6 Å². The smallest absolute Gasteiger partial charge is 0.173 e. The molecule has 1 aromatic carbocycles. The number of hydrazine groups is 1. The normalized spacial score (nSPS) is 13.2. The van der Waals surface area contributed by atoms with Gasteiger partial charge in [-0.1, -0.05) is 18.2 Å². The number of aromatic nitrogens is 2. The Morgan fingerprint density at radius 3 is 2.60 bits per heavy atom. The van der Waals surface area contributed by atoms with Crippen LogP contribution in [-0.2, 0) is 22.4 Å². The van der Waals surface area contributed by atoms with Crippen LogP contribution < -0.4 is 11.3 Å². The lowest BCUT2D eigenvalue weighted by molar-refractivity contribution is -0.122. The summed E-state index contributed by atoms with van der Waals surface area (Å²) in [7, 11) is 3.20. The van der Waals surface area contributed by atoms with Gasteiger partial charge in [0.25, 0.3) is 0 Å². The van der Waals surface area contributed by atoms with Gasteiger partial charge in [0, 0.05) is 32.6 Å². The average Bonchev–Trinajstić information content (AvgIpc) is 2.85. The Morgan fingerprint density at radius 1 is 1.30 bits per heavy atom. The molecule has 0 aliphatic heterocycles. The number of methoxy groups -OCH3 is 2. The predicted molar refractivity (Wildman–Crippen MR) is 78.0 cm³/mol. The molecule has 6 heteroatoms. The number of hydrogen-bond acceptors (Lipinski definition) is 5. The van der Waals surface area contributed by atoms with Crippen LogP contribution in [-0.4, -0.2) is 36.3 Å². The molecule has 110 valence electrons. The molecule has 0 aliphatic rings. The van der Waals surface area contributed by atoms with Gasteiger partial charge < -0.3 is 9.47 Å². The van der Waals surface area contributed by atoms with E-state index >= 15 is 0 Å². The van der Waals surface area contributed by atoms with E-state index in [0.717, 1.165) is 23.1 Å². The molecular formula is C14H22N4O2. The molecule has 0 saturated heterocycles. The average molecular weight is 278 g/mol. The third-order valence-electron chi connectivity index (χ3n) is 3.45. The fourth-order valence-electron chi connectivity index (χ4n) is 2.45. The summed E-state index contributed by atoms with van der Waals surface area (Å²) in [6.07, 6.45) is 0.224. The topological polar surface area (TPSA) is 74.3 Å². The zero-order valence-corrected chi connectivity index (χ0v) is 12.2. The molecule has 20 heavy (non-hydrogen) atoms. The number of ether oxygens (including phenoxy) is 2. The van der Waals surface area contributed by atoms with E-state index in [0.29, 0.717) is 6.42 Å². The molecule has 1 heterocycles. The fraction of sp³-hybridized carbons (Fsp3) is 0.500. The van der Waals surface area contributed by atoms with Gasteiger partial charge in [0.05, 0.1) is 17.3 Å². The predicted octanol–water partition coefficient (Wildman–Crippen LogP) is 1.05. The standard InChI is InChI=1S/C14H22N4O2/c1-4-18-13-8-6-5-7-10(13)11(17-18)9-12(16-15)14(19-2)20-3/h5-8,12,14,16H,4,9,15H2,1-3H3. The number of benzene rings is 1. The van der Waals surface area contributed by atoms with Crippen LogP contribution in [0.3, 0.4) is 0 Å². The zero-order valence-electron chi connectivity index (χ0n) is 12.2.